The normalized spacial score (nSPS) is 11.8. The van der Waals surface area contributed by atoms with Gasteiger partial charge in [-0.25, -0.2) is 9.78 Å². The number of thiazole rings is 1. The molecule has 0 aliphatic heterocycles. The molecule has 1 N–H and O–H groups in total. The molecule has 2 rings (SSSR count). The van der Waals surface area contributed by atoms with E-state index in [0.29, 0.717) is 22.7 Å². The Morgan fingerprint density at radius 3 is 2.56 bits per heavy atom. The molecule has 0 aliphatic rings. The van der Waals surface area contributed by atoms with Gasteiger partial charge in [-0.15, -0.1) is 11.3 Å². The van der Waals surface area contributed by atoms with Crippen molar-refractivity contribution in [2.24, 2.45) is 0 Å². The first-order valence-electron chi connectivity index (χ1n) is 4.66. The van der Waals surface area contributed by atoms with Crippen LogP contribution in [0.25, 0.3) is 10.6 Å². The Bertz CT molecular complexity index is 600. The zero-order valence-corrected chi connectivity index (χ0v) is 9.72. The minimum atomic E-state index is -4.79. The van der Waals surface area contributed by atoms with Gasteiger partial charge in [0.05, 0.1) is 11.8 Å². The van der Waals surface area contributed by atoms with Gasteiger partial charge in [-0.3, -0.25) is 0 Å². The summed E-state index contributed by atoms with van der Waals surface area (Å²) in [5.41, 5.74) is -1.02. The number of carboxylic acids is 1. The van der Waals surface area contributed by atoms with Crippen LogP contribution < -0.4 is 0 Å². The number of carbonyl (C=O) groups is 1. The number of hydrogen-bond acceptors (Lipinski definition) is 4. The van der Waals surface area contributed by atoms with Crippen molar-refractivity contribution in [3.8, 4) is 10.6 Å². The van der Waals surface area contributed by atoms with Crippen LogP contribution in [0.3, 0.4) is 0 Å². The van der Waals surface area contributed by atoms with Crippen molar-refractivity contribution < 1.29 is 27.5 Å². The van der Waals surface area contributed by atoms with Gasteiger partial charge in [0.15, 0.2) is 5.69 Å². The molecule has 0 bridgehead atoms. The molecule has 0 saturated carbocycles. The second-order valence-electron chi connectivity index (χ2n) is 3.39. The number of alkyl halides is 3. The highest BCUT2D eigenvalue weighted by Gasteiger charge is 2.40. The van der Waals surface area contributed by atoms with E-state index in [9.17, 15) is 18.0 Å². The molecule has 0 aliphatic carbocycles. The lowest BCUT2D eigenvalue weighted by molar-refractivity contribution is -0.141. The third-order valence-electron chi connectivity index (χ3n) is 2.18. The highest BCUT2D eigenvalue weighted by Crippen LogP contribution is 2.38. The molecule has 4 nitrogen and oxygen atoms in total. The number of rotatable bonds is 2. The molecule has 0 atom stereocenters. The van der Waals surface area contributed by atoms with E-state index in [2.05, 4.69) is 4.98 Å². The van der Waals surface area contributed by atoms with E-state index in [1.54, 1.807) is 6.92 Å². The molecule has 96 valence electrons. The lowest BCUT2D eigenvalue weighted by Crippen LogP contribution is -2.11. The molecule has 18 heavy (non-hydrogen) atoms. The number of hydrogen-bond donors (Lipinski definition) is 1. The van der Waals surface area contributed by atoms with Gasteiger partial charge in [0.25, 0.3) is 0 Å². The van der Waals surface area contributed by atoms with Gasteiger partial charge < -0.3 is 9.52 Å². The Morgan fingerprint density at radius 1 is 1.50 bits per heavy atom. The standard InChI is InChI=1S/C10H6F3NO3S/c1-4-5(2-3-17-4)8-14-7(10(11,12)13)6(18-8)9(15)16/h2-3H,1H3,(H,15,16). The van der Waals surface area contributed by atoms with Crippen LogP contribution in [-0.4, -0.2) is 16.1 Å². The molecule has 8 heteroatoms. The largest absolute Gasteiger partial charge is 0.477 e. The summed E-state index contributed by atoms with van der Waals surface area (Å²) in [4.78, 5) is 13.3. The van der Waals surface area contributed by atoms with E-state index >= 15 is 0 Å². The third-order valence-corrected chi connectivity index (χ3v) is 3.26. The minimum Gasteiger partial charge on any atom is -0.477 e. The van der Waals surface area contributed by atoms with Gasteiger partial charge in [-0.05, 0) is 13.0 Å². The van der Waals surface area contributed by atoms with E-state index in [0.717, 1.165) is 0 Å². The molecule has 0 spiro atoms. The highest BCUT2D eigenvalue weighted by molar-refractivity contribution is 7.17. The molecule has 2 aromatic heterocycles. The molecule has 0 unspecified atom stereocenters. The van der Waals surface area contributed by atoms with Crippen molar-refractivity contribution in [3.05, 3.63) is 28.7 Å². The zero-order valence-electron chi connectivity index (χ0n) is 8.91. The number of aryl methyl sites for hydroxylation is 1. The topological polar surface area (TPSA) is 63.3 Å². The summed E-state index contributed by atoms with van der Waals surface area (Å²) in [5, 5.41) is 8.73. The number of carboxylic acid groups (broad SMARTS) is 1. The van der Waals surface area contributed by atoms with Gasteiger partial charge >= 0.3 is 12.1 Å². The Balaban J connectivity index is 2.60. The molecule has 0 amide bonds. The van der Waals surface area contributed by atoms with Crippen LogP contribution in [-0.2, 0) is 6.18 Å². The summed E-state index contributed by atoms with van der Waals surface area (Å²) < 4.78 is 42.8. The van der Waals surface area contributed by atoms with Crippen molar-refractivity contribution in [3.63, 3.8) is 0 Å². The van der Waals surface area contributed by atoms with Crippen LogP contribution in [0.4, 0.5) is 13.2 Å². The van der Waals surface area contributed by atoms with Crippen molar-refractivity contribution in [1.82, 2.24) is 4.98 Å². The number of halogens is 3. The predicted octanol–water partition coefficient (Wildman–Crippen LogP) is 3.43. The van der Waals surface area contributed by atoms with E-state index in [4.69, 9.17) is 9.52 Å². The lowest BCUT2D eigenvalue weighted by Gasteiger charge is -2.02. The maximum Gasteiger partial charge on any atom is 0.435 e. The summed E-state index contributed by atoms with van der Waals surface area (Å²) in [6.07, 6.45) is -3.49. The monoisotopic (exact) mass is 277 g/mol. The van der Waals surface area contributed by atoms with Crippen molar-refractivity contribution >= 4 is 17.3 Å². The van der Waals surface area contributed by atoms with Crippen molar-refractivity contribution in [2.75, 3.05) is 0 Å². The van der Waals surface area contributed by atoms with Gasteiger partial charge in [0, 0.05) is 0 Å². The van der Waals surface area contributed by atoms with E-state index < -0.39 is 22.7 Å². The van der Waals surface area contributed by atoms with Crippen LogP contribution in [0.15, 0.2) is 16.7 Å². The van der Waals surface area contributed by atoms with Gasteiger partial charge in [-0.2, -0.15) is 13.2 Å². The van der Waals surface area contributed by atoms with E-state index in [-0.39, 0.29) is 5.01 Å². The zero-order chi connectivity index (χ0) is 13.5. The highest BCUT2D eigenvalue weighted by atomic mass is 32.1. The van der Waals surface area contributed by atoms with E-state index in [1.807, 2.05) is 0 Å². The molecule has 0 aromatic carbocycles. The number of furan rings is 1. The smallest absolute Gasteiger partial charge is 0.435 e. The number of aromatic nitrogens is 1. The molecule has 2 aromatic rings. The average molecular weight is 277 g/mol. The second kappa shape index (κ2) is 4.13. The molecule has 0 fully saturated rings. The molecular formula is C10H6F3NO3S. The fraction of sp³-hybridized carbons (Fsp3) is 0.200. The summed E-state index contributed by atoms with van der Waals surface area (Å²) >= 11 is 0.476. The summed E-state index contributed by atoms with van der Waals surface area (Å²) in [6, 6.07) is 1.44. The Labute approximate surface area is 103 Å². The summed E-state index contributed by atoms with van der Waals surface area (Å²) in [7, 11) is 0. The quantitative estimate of drug-likeness (QED) is 0.913. The predicted molar refractivity (Wildman–Crippen MR) is 56.5 cm³/mol. The maximum absolute atomic E-state index is 12.6. The Hall–Kier alpha value is -1.83. The van der Waals surface area contributed by atoms with Gasteiger partial charge in [0.1, 0.15) is 15.6 Å². The molecule has 2 heterocycles. The van der Waals surface area contributed by atoms with Gasteiger partial charge in [0.2, 0.25) is 0 Å². The minimum absolute atomic E-state index is 0.0222. The first-order chi connectivity index (χ1) is 8.30. The van der Waals surface area contributed by atoms with Crippen LogP contribution >= 0.6 is 11.3 Å². The van der Waals surface area contributed by atoms with Crippen molar-refractivity contribution in [1.29, 1.82) is 0 Å². The van der Waals surface area contributed by atoms with Crippen molar-refractivity contribution in [2.45, 2.75) is 13.1 Å². The molecule has 0 radical (unpaired) electrons. The molecular weight excluding hydrogens is 271 g/mol. The maximum atomic E-state index is 12.6. The Morgan fingerprint density at radius 2 is 2.17 bits per heavy atom. The van der Waals surface area contributed by atoms with E-state index in [1.165, 1.54) is 12.3 Å². The Kier molecular flexibility index (Phi) is 2.89. The second-order valence-corrected chi connectivity index (χ2v) is 4.39. The summed E-state index contributed by atoms with van der Waals surface area (Å²) in [6.45, 7) is 1.56. The number of aromatic carboxylic acids is 1. The first kappa shape index (κ1) is 12.6. The fourth-order valence-electron chi connectivity index (χ4n) is 1.38. The van der Waals surface area contributed by atoms with Crippen LogP contribution in [0.2, 0.25) is 0 Å². The SMILES string of the molecule is Cc1occc1-c1nc(C(F)(F)F)c(C(=O)O)s1. The lowest BCUT2D eigenvalue weighted by atomic mass is 10.3. The fourth-order valence-corrected chi connectivity index (χ4v) is 2.38. The number of nitrogens with zero attached hydrogens (tertiary/aromatic N) is 1. The third kappa shape index (κ3) is 2.10. The summed E-state index contributed by atoms with van der Waals surface area (Å²) in [5.74, 6) is -1.26. The van der Waals surface area contributed by atoms with Crippen LogP contribution in [0, 0.1) is 6.92 Å². The average Bonchev–Trinajstić information content (AvgIpc) is 2.81. The first-order valence-corrected chi connectivity index (χ1v) is 5.48. The van der Waals surface area contributed by atoms with Gasteiger partial charge in [-0.1, -0.05) is 0 Å². The van der Waals surface area contributed by atoms with Crippen LogP contribution in [0.5, 0.6) is 0 Å². The van der Waals surface area contributed by atoms with Crippen LogP contribution in [0.1, 0.15) is 21.1 Å². The molecule has 0 saturated heterocycles.